The van der Waals surface area contributed by atoms with Crippen LogP contribution in [0.3, 0.4) is 0 Å². The molecule has 1 N–H and O–H groups in total. The lowest BCUT2D eigenvalue weighted by atomic mass is 10.2. The van der Waals surface area contributed by atoms with Gasteiger partial charge in [-0.15, -0.1) is 0 Å². The largest absolute Gasteiger partial charge is 0.365 e. The number of nitrogens with zero attached hydrogens (tertiary/aromatic N) is 3. The van der Waals surface area contributed by atoms with Gasteiger partial charge in [-0.3, -0.25) is 14.4 Å². The number of nitrogens with one attached hydrogen (secondary N) is 1. The van der Waals surface area contributed by atoms with Gasteiger partial charge in [0.1, 0.15) is 12.0 Å². The second-order valence-corrected chi connectivity index (χ2v) is 7.45. The van der Waals surface area contributed by atoms with E-state index in [1.165, 1.54) is 17.4 Å². The van der Waals surface area contributed by atoms with Crippen LogP contribution in [0.2, 0.25) is 5.02 Å². The maximum atomic E-state index is 11.5. The molecule has 0 bridgehead atoms. The number of anilines is 2. The van der Waals surface area contributed by atoms with Crippen LogP contribution in [0.4, 0.5) is 17.2 Å². The van der Waals surface area contributed by atoms with Crippen LogP contribution in [0, 0.1) is 10.1 Å². The first kappa shape index (κ1) is 18.0. The van der Waals surface area contributed by atoms with Crippen LogP contribution in [0.15, 0.2) is 36.5 Å². The second-order valence-electron chi connectivity index (χ2n) is 5.03. The average Bonchev–Trinajstić information content (AvgIpc) is 2.52. The molecule has 0 unspecified atom stereocenters. The zero-order valence-electron chi connectivity index (χ0n) is 12.9. The lowest BCUT2D eigenvalue weighted by Crippen LogP contribution is -2.24. The van der Waals surface area contributed by atoms with Crippen LogP contribution >= 0.6 is 11.6 Å². The van der Waals surface area contributed by atoms with Gasteiger partial charge in [0.15, 0.2) is 0 Å². The Kier molecular flexibility index (Phi) is 5.25. The number of hydrogen-bond donors (Lipinski definition) is 1. The summed E-state index contributed by atoms with van der Waals surface area (Å²) in [4.78, 5) is 14.0. The maximum absolute atomic E-state index is 11.5. The van der Waals surface area contributed by atoms with Crippen molar-refractivity contribution in [2.45, 2.75) is 6.54 Å². The third-order valence-corrected chi connectivity index (χ3v) is 4.79. The fourth-order valence-electron chi connectivity index (χ4n) is 1.86. The molecule has 0 aliphatic rings. The van der Waals surface area contributed by atoms with E-state index < -0.39 is 14.9 Å². The Morgan fingerprint density at radius 1 is 1.33 bits per heavy atom. The van der Waals surface area contributed by atoms with E-state index in [2.05, 4.69) is 10.3 Å². The molecule has 2 aromatic rings. The van der Waals surface area contributed by atoms with Crippen LogP contribution in [0.1, 0.15) is 5.56 Å². The summed E-state index contributed by atoms with van der Waals surface area (Å²) < 4.78 is 24.1. The Morgan fingerprint density at radius 3 is 2.46 bits per heavy atom. The van der Waals surface area contributed by atoms with E-state index in [0.717, 1.165) is 18.0 Å². The summed E-state index contributed by atoms with van der Waals surface area (Å²) in [6, 6.07) is 8.12. The monoisotopic (exact) mass is 370 g/mol. The number of halogens is 1. The molecule has 128 valence electrons. The lowest BCUT2D eigenvalue weighted by Gasteiger charge is -2.17. The van der Waals surface area contributed by atoms with Crippen molar-refractivity contribution in [1.29, 1.82) is 0 Å². The SMILES string of the molecule is CN(c1ccc(CNc2ncc([N+](=O)[O-])cc2Cl)cc1)S(C)(=O)=O. The number of pyridine rings is 1. The predicted molar refractivity (Wildman–Crippen MR) is 92.9 cm³/mol. The Bertz CT molecular complexity index is 856. The fraction of sp³-hybridized carbons (Fsp3) is 0.214. The average molecular weight is 371 g/mol. The number of sulfonamides is 1. The summed E-state index contributed by atoms with van der Waals surface area (Å²) in [6.07, 6.45) is 2.25. The predicted octanol–water partition coefficient (Wildman–Crippen LogP) is 2.65. The second kappa shape index (κ2) is 7.02. The summed E-state index contributed by atoms with van der Waals surface area (Å²) in [5.41, 5.74) is 1.24. The molecular weight excluding hydrogens is 356 g/mol. The van der Waals surface area contributed by atoms with Crippen molar-refractivity contribution < 1.29 is 13.3 Å². The first-order valence-corrected chi connectivity index (χ1v) is 8.98. The van der Waals surface area contributed by atoms with Crippen LogP contribution < -0.4 is 9.62 Å². The first-order chi connectivity index (χ1) is 11.2. The standard InChI is InChI=1S/C14H15ClN4O4S/c1-18(24(2,22)23)11-5-3-10(4-6-11)8-16-14-13(15)7-12(9-17-14)19(20)21/h3-7,9H,8H2,1-2H3,(H,16,17). The van der Waals surface area contributed by atoms with Gasteiger partial charge in [-0.2, -0.15) is 0 Å². The highest BCUT2D eigenvalue weighted by atomic mass is 35.5. The molecule has 0 fully saturated rings. The Morgan fingerprint density at radius 2 is 1.96 bits per heavy atom. The van der Waals surface area contributed by atoms with Crippen molar-refractivity contribution in [2.24, 2.45) is 0 Å². The summed E-state index contributed by atoms with van der Waals surface area (Å²) in [5, 5.41) is 13.8. The lowest BCUT2D eigenvalue weighted by molar-refractivity contribution is -0.385. The van der Waals surface area contributed by atoms with E-state index >= 15 is 0 Å². The van der Waals surface area contributed by atoms with E-state index in [1.54, 1.807) is 24.3 Å². The van der Waals surface area contributed by atoms with Crippen LogP contribution in [0.25, 0.3) is 0 Å². The van der Waals surface area contributed by atoms with Gasteiger partial charge in [0.05, 0.1) is 21.9 Å². The molecule has 0 radical (unpaired) electrons. The van der Waals surface area contributed by atoms with Gasteiger partial charge < -0.3 is 5.32 Å². The minimum absolute atomic E-state index is 0.151. The fourth-order valence-corrected chi connectivity index (χ4v) is 2.59. The minimum atomic E-state index is -3.31. The summed E-state index contributed by atoms with van der Waals surface area (Å²) >= 11 is 5.95. The molecule has 0 aliphatic carbocycles. The summed E-state index contributed by atoms with van der Waals surface area (Å²) in [5.74, 6) is 0.333. The van der Waals surface area contributed by atoms with E-state index in [0.29, 0.717) is 18.1 Å². The molecule has 0 spiro atoms. The molecule has 1 aromatic carbocycles. The molecule has 0 saturated heterocycles. The van der Waals surface area contributed by atoms with Crippen LogP contribution in [0.5, 0.6) is 0 Å². The van der Waals surface area contributed by atoms with Crippen molar-refractivity contribution in [3.05, 3.63) is 57.2 Å². The van der Waals surface area contributed by atoms with E-state index in [4.69, 9.17) is 11.6 Å². The van der Waals surface area contributed by atoms with Crippen molar-refractivity contribution in [3.63, 3.8) is 0 Å². The van der Waals surface area contributed by atoms with E-state index in [9.17, 15) is 18.5 Å². The van der Waals surface area contributed by atoms with Crippen molar-refractivity contribution >= 4 is 38.8 Å². The Hall–Kier alpha value is -2.39. The Balaban J connectivity index is 2.06. The van der Waals surface area contributed by atoms with Gasteiger partial charge in [-0.05, 0) is 17.7 Å². The zero-order valence-corrected chi connectivity index (χ0v) is 14.5. The highest BCUT2D eigenvalue weighted by Crippen LogP contribution is 2.24. The van der Waals surface area contributed by atoms with Crippen LogP contribution in [-0.2, 0) is 16.6 Å². The zero-order chi connectivity index (χ0) is 17.9. The van der Waals surface area contributed by atoms with Gasteiger partial charge in [-0.1, -0.05) is 23.7 Å². The Labute approximate surface area is 144 Å². The van der Waals surface area contributed by atoms with Gasteiger partial charge in [0.2, 0.25) is 10.0 Å². The number of nitro groups is 1. The molecule has 0 amide bonds. The topological polar surface area (TPSA) is 105 Å². The summed E-state index contributed by atoms with van der Waals surface area (Å²) in [6.45, 7) is 0.382. The summed E-state index contributed by atoms with van der Waals surface area (Å²) in [7, 11) is -1.83. The smallest absolute Gasteiger partial charge is 0.289 e. The van der Waals surface area contributed by atoms with Crippen molar-refractivity contribution in [3.8, 4) is 0 Å². The molecule has 1 aromatic heterocycles. The van der Waals surface area contributed by atoms with Gasteiger partial charge in [0.25, 0.3) is 5.69 Å². The molecule has 0 atom stereocenters. The highest BCUT2D eigenvalue weighted by Gasteiger charge is 2.12. The number of aromatic nitrogens is 1. The molecule has 0 saturated carbocycles. The number of hydrogen-bond acceptors (Lipinski definition) is 6. The molecule has 24 heavy (non-hydrogen) atoms. The molecule has 1 heterocycles. The first-order valence-electron chi connectivity index (χ1n) is 6.75. The molecule has 0 aliphatic heterocycles. The van der Waals surface area contributed by atoms with Crippen LogP contribution in [-0.4, -0.2) is 31.6 Å². The van der Waals surface area contributed by atoms with Gasteiger partial charge >= 0.3 is 0 Å². The maximum Gasteiger partial charge on any atom is 0.289 e. The van der Waals surface area contributed by atoms with Gasteiger partial charge in [0, 0.05) is 19.7 Å². The molecular formula is C14H15ClN4O4S. The third-order valence-electron chi connectivity index (χ3n) is 3.29. The molecule has 10 heteroatoms. The van der Waals surface area contributed by atoms with Crippen molar-refractivity contribution in [1.82, 2.24) is 4.98 Å². The normalized spacial score (nSPS) is 11.1. The van der Waals surface area contributed by atoms with E-state index in [-0.39, 0.29) is 10.7 Å². The van der Waals surface area contributed by atoms with E-state index in [1.807, 2.05) is 0 Å². The minimum Gasteiger partial charge on any atom is -0.365 e. The third kappa shape index (κ3) is 4.33. The highest BCUT2D eigenvalue weighted by molar-refractivity contribution is 7.92. The van der Waals surface area contributed by atoms with Gasteiger partial charge in [-0.25, -0.2) is 13.4 Å². The molecule has 8 nitrogen and oxygen atoms in total. The number of rotatable bonds is 6. The van der Waals surface area contributed by atoms with Crippen molar-refractivity contribution in [2.75, 3.05) is 22.9 Å². The quantitative estimate of drug-likeness (QED) is 0.619. The number of benzene rings is 1. The molecule has 2 rings (SSSR count).